The lowest BCUT2D eigenvalue weighted by Crippen LogP contribution is -2.65. The molecule has 0 fully saturated rings. The van der Waals surface area contributed by atoms with E-state index in [-0.39, 0.29) is 26.4 Å². The summed E-state index contributed by atoms with van der Waals surface area (Å²) in [6, 6.07) is 1.34. The van der Waals surface area contributed by atoms with Crippen molar-refractivity contribution in [1.82, 2.24) is 5.32 Å². The topological polar surface area (TPSA) is 189 Å². The van der Waals surface area contributed by atoms with E-state index in [9.17, 15) is 34.6 Å². The van der Waals surface area contributed by atoms with Crippen LogP contribution < -0.4 is 10.6 Å². The van der Waals surface area contributed by atoms with E-state index < -0.39 is 56.0 Å². The molecular weight excluding hydrogens is 432 g/mol. The van der Waals surface area contributed by atoms with E-state index in [1.807, 2.05) is 0 Å². The highest BCUT2D eigenvalue weighted by Crippen LogP contribution is 2.34. The number of hydrogen-bond acceptors (Lipinski definition) is 12. The number of carbonyl (C=O) groups is 3. The largest absolute Gasteiger partial charge is 0.463 e. The number of ether oxygens (including phenoxy) is 3. The van der Waals surface area contributed by atoms with Gasteiger partial charge in [0.15, 0.2) is 5.56 Å². The minimum atomic E-state index is -2.47. The molecule has 0 saturated heterocycles. The molecule has 0 aliphatic heterocycles. The van der Waals surface area contributed by atoms with Crippen LogP contribution in [0, 0.1) is 20.2 Å². The fraction of sp³-hybridized carbons (Fsp3) is 0.500. The Morgan fingerprint density at radius 3 is 1.84 bits per heavy atom. The van der Waals surface area contributed by atoms with Crippen molar-refractivity contribution in [3.05, 3.63) is 37.9 Å². The van der Waals surface area contributed by atoms with Crippen molar-refractivity contribution in [2.75, 3.05) is 31.7 Å². The first-order valence-electron chi connectivity index (χ1n) is 9.60. The number of hydrogen-bond donors (Lipinski definition) is 2. The highest BCUT2D eigenvalue weighted by molar-refractivity contribution is 6.09. The number of anilines is 1. The number of nitrogens with zero attached hydrogens (tertiary/aromatic N) is 2. The zero-order chi connectivity index (χ0) is 24.5. The smallest absolute Gasteiger partial charge is 0.359 e. The third kappa shape index (κ3) is 5.66. The molecular formula is C18H24N4O10. The maximum absolute atomic E-state index is 12.8. The fourth-order valence-electron chi connectivity index (χ4n) is 2.70. The zero-order valence-electron chi connectivity index (χ0n) is 18.0. The van der Waals surface area contributed by atoms with Crippen LogP contribution in [0.3, 0.4) is 0 Å². The molecule has 0 heterocycles. The third-order valence-electron chi connectivity index (χ3n) is 3.92. The van der Waals surface area contributed by atoms with Crippen LogP contribution in [-0.4, -0.2) is 59.8 Å². The van der Waals surface area contributed by atoms with E-state index in [4.69, 9.17) is 14.2 Å². The molecule has 1 aromatic carbocycles. The van der Waals surface area contributed by atoms with Gasteiger partial charge in [-0.25, -0.2) is 14.4 Å². The van der Waals surface area contributed by atoms with Crippen molar-refractivity contribution in [1.29, 1.82) is 0 Å². The fourth-order valence-corrected chi connectivity index (χ4v) is 2.70. The van der Waals surface area contributed by atoms with Gasteiger partial charge in [0.1, 0.15) is 0 Å². The number of nitro benzene ring substituents is 2. The van der Waals surface area contributed by atoms with Crippen LogP contribution in [-0.2, 0) is 23.8 Å². The van der Waals surface area contributed by atoms with E-state index in [1.165, 1.54) is 27.7 Å². The van der Waals surface area contributed by atoms with Crippen LogP contribution in [0.25, 0.3) is 0 Å². The van der Waals surface area contributed by atoms with Gasteiger partial charge in [-0.1, -0.05) is 6.92 Å². The molecule has 0 unspecified atom stereocenters. The Balaban J connectivity index is 3.91. The lowest BCUT2D eigenvalue weighted by molar-refractivity contribution is -0.394. The van der Waals surface area contributed by atoms with Crippen molar-refractivity contribution in [3.63, 3.8) is 0 Å². The highest BCUT2D eigenvalue weighted by atomic mass is 16.6. The summed E-state index contributed by atoms with van der Waals surface area (Å²) >= 11 is 0. The molecule has 1 rings (SSSR count). The Bertz CT molecular complexity index is 884. The predicted molar refractivity (Wildman–Crippen MR) is 109 cm³/mol. The molecule has 0 aromatic heterocycles. The van der Waals surface area contributed by atoms with E-state index in [0.29, 0.717) is 6.07 Å². The Morgan fingerprint density at radius 1 is 0.906 bits per heavy atom. The van der Waals surface area contributed by atoms with Gasteiger partial charge in [0.05, 0.1) is 41.4 Å². The lowest BCUT2D eigenvalue weighted by atomic mass is 10.0. The van der Waals surface area contributed by atoms with Crippen LogP contribution in [0.1, 0.15) is 38.1 Å². The van der Waals surface area contributed by atoms with Crippen LogP contribution in [0.4, 0.5) is 17.1 Å². The minimum absolute atomic E-state index is 0.00358. The molecule has 14 nitrogen and oxygen atoms in total. The number of benzene rings is 1. The number of nitro groups is 2. The zero-order valence-corrected chi connectivity index (χ0v) is 18.0. The summed E-state index contributed by atoms with van der Waals surface area (Å²) in [6.45, 7) is 5.47. The predicted octanol–water partition coefficient (Wildman–Crippen LogP) is 1.52. The Kier molecular flexibility index (Phi) is 9.46. The molecule has 0 spiro atoms. The number of carbonyl (C=O) groups excluding carboxylic acids is 3. The van der Waals surface area contributed by atoms with E-state index in [2.05, 4.69) is 10.6 Å². The van der Waals surface area contributed by atoms with E-state index >= 15 is 0 Å². The summed E-state index contributed by atoms with van der Waals surface area (Å²) in [7, 11) is 0. The summed E-state index contributed by atoms with van der Waals surface area (Å²) in [6.07, 6.45) is 0. The van der Waals surface area contributed by atoms with Crippen molar-refractivity contribution in [3.8, 4) is 0 Å². The van der Waals surface area contributed by atoms with Crippen molar-refractivity contribution < 1.29 is 38.4 Å². The van der Waals surface area contributed by atoms with Gasteiger partial charge in [-0.2, -0.15) is 0 Å². The van der Waals surface area contributed by atoms with Gasteiger partial charge in [0.25, 0.3) is 17.0 Å². The molecule has 0 aliphatic rings. The van der Waals surface area contributed by atoms with E-state index in [0.717, 1.165) is 6.07 Å². The van der Waals surface area contributed by atoms with Gasteiger partial charge in [-0.15, -0.1) is 0 Å². The molecule has 14 heteroatoms. The maximum Gasteiger partial charge on any atom is 0.359 e. The van der Waals surface area contributed by atoms with Crippen molar-refractivity contribution >= 4 is 35.0 Å². The van der Waals surface area contributed by atoms with E-state index in [1.54, 1.807) is 0 Å². The molecule has 0 saturated carbocycles. The van der Waals surface area contributed by atoms with Crippen LogP contribution >= 0.6 is 0 Å². The summed E-state index contributed by atoms with van der Waals surface area (Å²) in [5.41, 5.74) is -5.50. The van der Waals surface area contributed by atoms with Crippen molar-refractivity contribution in [2.24, 2.45) is 0 Å². The second-order valence-corrected chi connectivity index (χ2v) is 5.97. The number of nitrogens with one attached hydrogen (secondary N) is 2. The Hall–Kier alpha value is -3.81. The summed E-state index contributed by atoms with van der Waals surface area (Å²) in [5, 5.41) is 27.9. The van der Waals surface area contributed by atoms with Gasteiger partial charge in [-0.05, 0) is 27.3 Å². The molecule has 2 N–H and O–H groups in total. The maximum atomic E-state index is 12.8. The molecule has 0 atom stereocenters. The summed E-state index contributed by atoms with van der Waals surface area (Å²) in [4.78, 5) is 59.0. The number of rotatable bonds is 12. The molecule has 0 aliphatic carbocycles. The van der Waals surface area contributed by atoms with Crippen LogP contribution in [0.5, 0.6) is 0 Å². The first-order chi connectivity index (χ1) is 15.1. The standard InChI is InChI=1S/C18H24N4O10/c1-5-19-18(16(24)31-7-3,17(25)32-8-4)20-12-9-11(21(26)27)10-13(22(28)29)14(12)15(23)30-6-2/h9-10,19-20H,5-8H2,1-4H3. The van der Waals surface area contributed by atoms with Gasteiger partial charge < -0.3 is 19.5 Å². The Morgan fingerprint density at radius 2 is 1.44 bits per heavy atom. The highest BCUT2D eigenvalue weighted by Gasteiger charge is 2.50. The minimum Gasteiger partial charge on any atom is -0.463 e. The number of likely N-dealkylation sites (N-methyl/N-ethyl adjacent to an activating group) is 1. The molecule has 1 aromatic rings. The second-order valence-electron chi connectivity index (χ2n) is 5.97. The molecule has 176 valence electrons. The monoisotopic (exact) mass is 456 g/mol. The molecule has 0 radical (unpaired) electrons. The first-order valence-corrected chi connectivity index (χ1v) is 9.60. The SMILES string of the molecule is CCNC(Nc1cc([N+](=O)[O-])cc([N+](=O)[O-])c1C(=O)OCC)(C(=O)OCC)C(=O)OCC. The summed E-state index contributed by atoms with van der Waals surface area (Å²) < 4.78 is 14.8. The average molecular weight is 456 g/mol. The van der Waals surface area contributed by atoms with Gasteiger partial charge in [0, 0.05) is 6.07 Å². The molecule has 32 heavy (non-hydrogen) atoms. The second kappa shape index (κ2) is 11.5. The first kappa shape index (κ1) is 26.2. The lowest BCUT2D eigenvalue weighted by Gasteiger charge is -2.31. The average Bonchev–Trinajstić information content (AvgIpc) is 2.72. The third-order valence-corrected chi connectivity index (χ3v) is 3.92. The normalized spacial score (nSPS) is 10.8. The number of esters is 3. The Labute approximate surface area is 182 Å². The quantitative estimate of drug-likeness (QED) is 0.115. The van der Waals surface area contributed by atoms with Gasteiger partial charge in [0.2, 0.25) is 0 Å². The van der Waals surface area contributed by atoms with Crippen molar-refractivity contribution in [2.45, 2.75) is 33.4 Å². The van der Waals surface area contributed by atoms with Gasteiger partial charge >= 0.3 is 17.9 Å². The van der Waals surface area contributed by atoms with Crippen LogP contribution in [0.2, 0.25) is 0 Å². The number of non-ortho nitro benzene ring substituents is 1. The van der Waals surface area contributed by atoms with Crippen LogP contribution in [0.15, 0.2) is 12.1 Å². The summed E-state index contributed by atoms with van der Waals surface area (Å²) in [5.74, 6) is -3.55. The molecule has 0 amide bonds. The van der Waals surface area contributed by atoms with Gasteiger partial charge in [-0.3, -0.25) is 25.5 Å². The molecule has 0 bridgehead atoms.